The summed E-state index contributed by atoms with van der Waals surface area (Å²) in [6, 6.07) is 7.55. The SMILES string of the molecule is CCOC(=O)COc1cc(C)nc2cc(Br)ccc12. The van der Waals surface area contributed by atoms with E-state index in [0.29, 0.717) is 12.4 Å². The number of pyridine rings is 1. The number of carbonyl (C=O) groups is 1. The molecule has 0 atom stereocenters. The second kappa shape index (κ2) is 6.02. The van der Waals surface area contributed by atoms with Crippen molar-refractivity contribution in [1.29, 1.82) is 0 Å². The van der Waals surface area contributed by atoms with Gasteiger partial charge in [-0.3, -0.25) is 4.98 Å². The van der Waals surface area contributed by atoms with Crippen LogP contribution in [0.5, 0.6) is 5.75 Å². The molecule has 2 rings (SSSR count). The van der Waals surface area contributed by atoms with Crippen LogP contribution >= 0.6 is 15.9 Å². The molecule has 1 aromatic carbocycles. The Kier molecular flexibility index (Phi) is 4.37. The predicted octanol–water partition coefficient (Wildman–Crippen LogP) is 3.25. The van der Waals surface area contributed by atoms with Gasteiger partial charge in [0, 0.05) is 21.6 Å². The third-order valence-corrected chi connectivity index (χ3v) is 3.01. The van der Waals surface area contributed by atoms with E-state index in [9.17, 15) is 4.79 Å². The Bertz CT molecular complexity index is 608. The van der Waals surface area contributed by atoms with Crippen LogP contribution < -0.4 is 4.74 Å². The third-order valence-electron chi connectivity index (χ3n) is 2.51. The van der Waals surface area contributed by atoms with Crippen LogP contribution in [0.3, 0.4) is 0 Å². The van der Waals surface area contributed by atoms with Crippen LogP contribution in [0.15, 0.2) is 28.7 Å². The minimum atomic E-state index is -0.373. The van der Waals surface area contributed by atoms with Crippen LogP contribution in [-0.4, -0.2) is 24.2 Å². The Balaban J connectivity index is 2.29. The van der Waals surface area contributed by atoms with Crippen molar-refractivity contribution in [1.82, 2.24) is 4.98 Å². The quantitative estimate of drug-likeness (QED) is 0.810. The Labute approximate surface area is 119 Å². The van der Waals surface area contributed by atoms with E-state index in [0.717, 1.165) is 21.1 Å². The second-order valence-corrected chi connectivity index (χ2v) is 4.93. The minimum absolute atomic E-state index is 0.0948. The number of nitrogens with zero attached hydrogens (tertiary/aromatic N) is 1. The number of benzene rings is 1. The summed E-state index contributed by atoms with van der Waals surface area (Å²) in [5.41, 5.74) is 1.66. The van der Waals surface area contributed by atoms with Gasteiger partial charge in [0.25, 0.3) is 0 Å². The van der Waals surface area contributed by atoms with Gasteiger partial charge < -0.3 is 9.47 Å². The number of ether oxygens (including phenoxy) is 2. The van der Waals surface area contributed by atoms with Crippen molar-refractivity contribution in [2.24, 2.45) is 0 Å². The average molecular weight is 324 g/mol. The number of fused-ring (bicyclic) bond motifs is 1. The Morgan fingerprint density at radius 3 is 2.89 bits per heavy atom. The highest BCUT2D eigenvalue weighted by molar-refractivity contribution is 9.10. The van der Waals surface area contributed by atoms with Crippen molar-refractivity contribution in [2.45, 2.75) is 13.8 Å². The van der Waals surface area contributed by atoms with Crippen LogP contribution in [-0.2, 0) is 9.53 Å². The van der Waals surface area contributed by atoms with Crippen molar-refractivity contribution >= 4 is 32.8 Å². The first-order chi connectivity index (χ1) is 9.10. The zero-order chi connectivity index (χ0) is 13.8. The van der Waals surface area contributed by atoms with Gasteiger partial charge in [-0.1, -0.05) is 15.9 Å². The molecule has 1 heterocycles. The number of esters is 1. The van der Waals surface area contributed by atoms with Crippen LogP contribution in [0, 0.1) is 6.92 Å². The van der Waals surface area contributed by atoms with Crippen molar-refractivity contribution in [3.63, 3.8) is 0 Å². The summed E-state index contributed by atoms with van der Waals surface area (Å²) in [5, 5.41) is 0.873. The molecule has 0 amide bonds. The Hall–Kier alpha value is -1.62. The van der Waals surface area contributed by atoms with Gasteiger partial charge in [0.05, 0.1) is 12.1 Å². The van der Waals surface area contributed by atoms with Gasteiger partial charge in [-0.05, 0) is 32.0 Å². The monoisotopic (exact) mass is 323 g/mol. The van der Waals surface area contributed by atoms with Crippen LogP contribution in [0.2, 0.25) is 0 Å². The summed E-state index contributed by atoms with van der Waals surface area (Å²) < 4.78 is 11.3. The van der Waals surface area contributed by atoms with Crippen molar-refractivity contribution in [2.75, 3.05) is 13.2 Å². The van der Waals surface area contributed by atoms with E-state index in [-0.39, 0.29) is 12.6 Å². The lowest BCUT2D eigenvalue weighted by Gasteiger charge is -2.10. The molecule has 4 nitrogen and oxygen atoms in total. The molecule has 0 aliphatic heterocycles. The molecule has 0 fully saturated rings. The molecule has 2 aromatic rings. The Morgan fingerprint density at radius 2 is 2.16 bits per heavy atom. The molecule has 0 radical (unpaired) electrons. The smallest absolute Gasteiger partial charge is 0.344 e. The molecular weight excluding hydrogens is 310 g/mol. The zero-order valence-electron chi connectivity index (χ0n) is 10.8. The first-order valence-electron chi connectivity index (χ1n) is 5.95. The van der Waals surface area contributed by atoms with Gasteiger partial charge in [0.1, 0.15) is 5.75 Å². The molecular formula is C14H14BrNO3. The maximum atomic E-state index is 11.3. The number of halogens is 1. The van der Waals surface area contributed by atoms with Gasteiger partial charge in [-0.2, -0.15) is 0 Å². The lowest BCUT2D eigenvalue weighted by Crippen LogP contribution is -2.14. The maximum absolute atomic E-state index is 11.3. The normalized spacial score (nSPS) is 10.5. The lowest BCUT2D eigenvalue weighted by molar-refractivity contribution is -0.145. The van der Waals surface area contributed by atoms with Gasteiger partial charge in [-0.15, -0.1) is 0 Å². The fraction of sp³-hybridized carbons (Fsp3) is 0.286. The first-order valence-corrected chi connectivity index (χ1v) is 6.74. The number of carbonyl (C=O) groups excluding carboxylic acids is 1. The second-order valence-electron chi connectivity index (χ2n) is 4.02. The molecule has 100 valence electrons. The number of aryl methyl sites for hydroxylation is 1. The minimum Gasteiger partial charge on any atom is -0.481 e. The number of aromatic nitrogens is 1. The molecule has 0 N–H and O–H groups in total. The topological polar surface area (TPSA) is 48.4 Å². The summed E-state index contributed by atoms with van der Waals surface area (Å²) in [5.74, 6) is 0.269. The molecule has 0 saturated heterocycles. The number of hydrogen-bond acceptors (Lipinski definition) is 4. The molecule has 0 bridgehead atoms. The zero-order valence-corrected chi connectivity index (χ0v) is 12.4. The van der Waals surface area contributed by atoms with Crippen molar-refractivity contribution < 1.29 is 14.3 Å². The largest absolute Gasteiger partial charge is 0.481 e. The third kappa shape index (κ3) is 3.44. The molecule has 0 saturated carbocycles. The summed E-state index contributed by atoms with van der Waals surface area (Å²) in [6.07, 6.45) is 0. The number of hydrogen-bond donors (Lipinski definition) is 0. The van der Waals surface area contributed by atoms with E-state index in [1.54, 1.807) is 6.92 Å². The van der Waals surface area contributed by atoms with E-state index >= 15 is 0 Å². The standard InChI is InChI=1S/C14H14BrNO3/c1-3-18-14(17)8-19-13-6-9(2)16-12-7-10(15)4-5-11(12)13/h4-7H,3,8H2,1-2H3. The van der Waals surface area contributed by atoms with Gasteiger partial charge in [0.2, 0.25) is 0 Å². The first kappa shape index (κ1) is 13.8. The molecule has 5 heteroatoms. The summed E-state index contributed by atoms with van der Waals surface area (Å²) in [7, 11) is 0. The maximum Gasteiger partial charge on any atom is 0.344 e. The highest BCUT2D eigenvalue weighted by Gasteiger charge is 2.08. The van der Waals surface area contributed by atoms with E-state index < -0.39 is 0 Å². The van der Waals surface area contributed by atoms with Crippen molar-refractivity contribution in [3.05, 3.63) is 34.4 Å². The van der Waals surface area contributed by atoms with E-state index in [4.69, 9.17) is 9.47 Å². The van der Waals surface area contributed by atoms with E-state index in [1.165, 1.54) is 0 Å². The van der Waals surface area contributed by atoms with Crippen LogP contribution in [0.4, 0.5) is 0 Å². The fourth-order valence-corrected chi connectivity index (χ4v) is 2.10. The predicted molar refractivity (Wildman–Crippen MR) is 76.3 cm³/mol. The molecule has 0 unspecified atom stereocenters. The summed E-state index contributed by atoms with van der Waals surface area (Å²) >= 11 is 3.41. The molecule has 0 aliphatic carbocycles. The molecule has 0 spiro atoms. The van der Waals surface area contributed by atoms with E-state index in [2.05, 4.69) is 20.9 Å². The summed E-state index contributed by atoms with van der Waals surface area (Å²) in [4.78, 5) is 15.8. The van der Waals surface area contributed by atoms with Crippen LogP contribution in [0.1, 0.15) is 12.6 Å². The van der Waals surface area contributed by atoms with Gasteiger partial charge >= 0.3 is 5.97 Å². The molecule has 19 heavy (non-hydrogen) atoms. The Morgan fingerprint density at radius 1 is 1.37 bits per heavy atom. The van der Waals surface area contributed by atoms with Crippen molar-refractivity contribution in [3.8, 4) is 5.75 Å². The van der Waals surface area contributed by atoms with Crippen LogP contribution in [0.25, 0.3) is 10.9 Å². The van der Waals surface area contributed by atoms with Gasteiger partial charge in [0.15, 0.2) is 6.61 Å². The fourth-order valence-electron chi connectivity index (χ4n) is 1.75. The number of rotatable bonds is 4. The van der Waals surface area contributed by atoms with E-state index in [1.807, 2.05) is 31.2 Å². The highest BCUT2D eigenvalue weighted by atomic mass is 79.9. The highest BCUT2D eigenvalue weighted by Crippen LogP contribution is 2.27. The molecule has 0 aliphatic rings. The molecule has 1 aromatic heterocycles. The summed E-state index contributed by atoms with van der Waals surface area (Å²) in [6.45, 7) is 3.91. The van der Waals surface area contributed by atoms with Gasteiger partial charge in [-0.25, -0.2) is 4.79 Å². The average Bonchev–Trinajstić information content (AvgIpc) is 2.35. The lowest BCUT2D eigenvalue weighted by atomic mass is 10.2.